The first-order valence-corrected chi connectivity index (χ1v) is 9.38. The molecule has 0 aromatic carbocycles. The van der Waals surface area contributed by atoms with Crippen molar-refractivity contribution in [1.82, 2.24) is 10.6 Å². The lowest BCUT2D eigenvalue weighted by Gasteiger charge is -2.08. The van der Waals surface area contributed by atoms with Gasteiger partial charge in [-0.3, -0.25) is 9.59 Å². The standard InChI is InChI=1S/C18H36N2O5/c1-16(2)18(23)20-10-6-4-8-12-25-14-13-24-11-7-3-5-9-19-17(22)15-21/h16,21H,3-15H2,1-2H3,(H,19,22)(H,20,23). The molecular formula is C18H36N2O5. The molecule has 0 atom stereocenters. The third kappa shape index (κ3) is 17.4. The molecule has 148 valence electrons. The summed E-state index contributed by atoms with van der Waals surface area (Å²) in [4.78, 5) is 22.1. The zero-order chi connectivity index (χ0) is 18.8. The van der Waals surface area contributed by atoms with Crippen molar-refractivity contribution < 1.29 is 24.2 Å². The Morgan fingerprint density at radius 1 is 0.800 bits per heavy atom. The van der Waals surface area contributed by atoms with Gasteiger partial charge in [0.2, 0.25) is 11.8 Å². The summed E-state index contributed by atoms with van der Waals surface area (Å²) >= 11 is 0. The van der Waals surface area contributed by atoms with Crippen molar-refractivity contribution in [3.63, 3.8) is 0 Å². The molecule has 25 heavy (non-hydrogen) atoms. The summed E-state index contributed by atoms with van der Waals surface area (Å²) < 4.78 is 11.0. The molecule has 0 aromatic heterocycles. The number of carbonyl (C=O) groups excluding carboxylic acids is 2. The highest BCUT2D eigenvalue weighted by Crippen LogP contribution is 1.97. The minimum absolute atomic E-state index is 0.0514. The Kier molecular flexibility index (Phi) is 16.8. The molecule has 0 aromatic rings. The van der Waals surface area contributed by atoms with E-state index in [0.717, 1.165) is 51.7 Å². The number of carbonyl (C=O) groups is 2. The maximum atomic E-state index is 11.3. The van der Waals surface area contributed by atoms with Crippen molar-refractivity contribution in [2.24, 2.45) is 5.92 Å². The van der Waals surface area contributed by atoms with Crippen LogP contribution >= 0.6 is 0 Å². The zero-order valence-electron chi connectivity index (χ0n) is 15.8. The third-order valence-corrected chi connectivity index (χ3v) is 3.59. The van der Waals surface area contributed by atoms with E-state index in [-0.39, 0.29) is 17.7 Å². The smallest absolute Gasteiger partial charge is 0.245 e. The van der Waals surface area contributed by atoms with E-state index in [2.05, 4.69) is 10.6 Å². The Morgan fingerprint density at radius 3 is 1.80 bits per heavy atom. The molecule has 0 unspecified atom stereocenters. The van der Waals surface area contributed by atoms with Gasteiger partial charge in [-0.2, -0.15) is 0 Å². The summed E-state index contributed by atoms with van der Waals surface area (Å²) in [7, 11) is 0. The largest absolute Gasteiger partial charge is 0.387 e. The number of unbranched alkanes of at least 4 members (excludes halogenated alkanes) is 4. The van der Waals surface area contributed by atoms with Crippen LogP contribution in [0.25, 0.3) is 0 Å². The molecule has 0 aliphatic rings. The van der Waals surface area contributed by atoms with Gasteiger partial charge in [-0.05, 0) is 38.5 Å². The van der Waals surface area contributed by atoms with Crippen molar-refractivity contribution in [2.75, 3.05) is 46.1 Å². The molecular weight excluding hydrogens is 324 g/mol. The summed E-state index contributed by atoms with van der Waals surface area (Å²) in [6.45, 7) is 7.32. The number of aliphatic hydroxyl groups is 1. The maximum absolute atomic E-state index is 11.3. The molecule has 0 spiro atoms. The molecule has 0 bridgehead atoms. The molecule has 0 fully saturated rings. The highest BCUT2D eigenvalue weighted by atomic mass is 16.5. The molecule has 3 N–H and O–H groups in total. The Morgan fingerprint density at radius 2 is 1.32 bits per heavy atom. The quantitative estimate of drug-likeness (QED) is 0.339. The minimum atomic E-state index is -0.447. The highest BCUT2D eigenvalue weighted by molar-refractivity contribution is 5.77. The predicted molar refractivity (Wildman–Crippen MR) is 97.3 cm³/mol. The number of hydrogen-bond donors (Lipinski definition) is 3. The van der Waals surface area contributed by atoms with E-state index in [1.807, 2.05) is 13.8 Å². The van der Waals surface area contributed by atoms with E-state index in [0.29, 0.717) is 26.4 Å². The van der Waals surface area contributed by atoms with Gasteiger partial charge in [-0.15, -0.1) is 0 Å². The summed E-state index contributed by atoms with van der Waals surface area (Å²) in [6, 6.07) is 0. The topological polar surface area (TPSA) is 96.9 Å². The van der Waals surface area contributed by atoms with E-state index in [9.17, 15) is 9.59 Å². The fourth-order valence-electron chi connectivity index (χ4n) is 2.03. The van der Waals surface area contributed by atoms with Crippen LogP contribution in [0, 0.1) is 5.92 Å². The normalized spacial score (nSPS) is 10.9. The Labute approximate surface area is 151 Å². The number of ether oxygens (including phenoxy) is 2. The van der Waals surface area contributed by atoms with Crippen molar-refractivity contribution in [3.8, 4) is 0 Å². The minimum Gasteiger partial charge on any atom is -0.387 e. The molecule has 0 aliphatic heterocycles. The summed E-state index contributed by atoms with van der Waals surface area (Å²) in [5.74, 6) is -0.160. The predicted octanol–water partition coefficient (Wildman–Crippen LogP) is 1.24. The third-order valence-electron chi connectivity index (χ3n) is 3.59. The van der Waals surface area contributed by atoms with Crippen LogP contribution in [-0.4, -0.2) is 63.0 Å². The maximum Gasteiger partial charge on any atom is 0.245 e. The molecule has 7 nitrogen and oxygen atoms in total. The fourth-order valence-corrected chi connectivity index (χ4v) is 2.03. The molecule has 2 amide bonds. The van der Waals surface area contributed by atoms with Crippen LogP contribution in [-0.2, 0) is 19.1 Å². The molecule has 7 heteroatoms. The molecule has 0 saturated heterocycles. The lowest BCUT2D eigenvalue weighted by molar-refractivity contribution is -0.124. The van der Waals surface area contributed by atoms with Crippen molar-refractivity contribution in [2.45, 2.75) is 52.4 Å². The zero-order valence-corrected chi connectivity index (χ0v) is 15.8. The summed E-state index contributed by atoms with van der Waals surface area (Å²) in [5, 5.41) is 14.0. The first-order chi connectivity index (χ1) is 12.1. The second-order valence-corrected chi connectivity index (χ2v) is 6.30. The molecule has 0 aliphatic carbocycles. The van der Waals surface area contributed by atoms with Crippen LogP contribution in [0.15, 0.2) is 0 Å². The van der Waals surface area contributed by atoms with Crippen molar-refractivity contribution >= 4 is 11.8 Å². The second kappa shape index (κ2) is 17.6. The van der Waals surface area contributed by atoms with E-state index in [1.165, 1.54) is 0 Å². The number of aliphatic hydroxyl groups excluding tert-OH is 1. The Balaban J connectivity index is 3.10. The molecule has 0 heterocycles. The second-order valence-electron chi connectivity index (χ2n) is 6.30. The van der Waals surface area contributed by atoms with Crippen LogP contribution in [0.1, 0.15) is 52.4 Å². The van der Waals surface area contributed by atoms with E-state index < -0.39 is 6.61 Å². The summed E-state index contributed by atoms with van der Waals surface area (Å²) in [6.07, 6.45) is 5.86. The monoisotopic (exact) mass is 360 g/mol. The van der Waals surface area contributed by atoms with Crippen LogP contribution < -0.4 is 10.6 Å². The van der Waals surface area contributed by atoms with Crippen LogP contribution in [0.2, 0.25) is 0 Å². The fraction of sp³-hybridized carbons (Fsp3) is 0.889. The van der Waals surface area contributed by atoms with Gasteiger partial charge < -0.3 is 25.2 Å². The average Bonchev–Trinajstić information content (AvgIpc) is 2.60. The lowest BCUT2D eigenvalue weighted by atomic mass is 10.2. The number of hydrogen-bond acceptors (Lipinski definition) is 5. The molecule has 0 rings (SSSR count). The van der Waals surface area contributed by atoms with Gasteiger partial charge in [-0.1, -0.05) is 13.8 Å². The van der Waals surface area contributed by atoms with Gasteiger partial charge in [0.15, 0.2) is 0 Å². The van der Waals surface area contributed by atoms with Crippen LogP contribution in [0.3, 0.4) is 0 Å². The Hall–Kier alpha value is -1.18. The highest BCUT2D eigenvalue weighted by Gasteiger charge is 2.04. The lowest BCUT2D eigenvalue weighted by Crippen LogP contribution is -2.28. The van der Waals surface area contributed by atoms with Gasteiger partial charge >= 0.3 is 0 Å². The van der Waals surface area contributed by atoms with Gasteiger partial charge in [0.1, 0.15) is 6.61 Å². The molecule has 0 saturated carbocycles. The van der Waals surface area contributed by atoms with Gasteiger partial charge in [0, 0.05) is 32.2 Å². The molecule has 0 radical (unpaired) electrons. The number of nitrogens with one attached hydrogen (secondary N) is 2. The number of amides is 2. The first-order valence-electron chi connectivity index (χ1n) is 9.38. The van der Waals surface area contributed by atoms with Crippen molar-refractivity contribution in [3.05, 3.63) is 0 Å². The van der Waals surface area contributed by atoms with Crippen LogP contribution in [0.5, 0.6) is 0 Å². The van der Waals surface area contributed by atoms with Crippen LogP contribution in [0.4, 0.5) is 0 Å². The average molecular weight is 360 g/mol. The SMILES string of the molecule is CC(C)C(=O)NCCCCCOCCOCCCCCNC(=O)CO. The number of rotatable bonds is 17. The first kappa shape index (κ1) is 23.8. The van der Waals surface area contributed by atoms with Gasteiger partial charge in [0.05, 0.1) is 13.2 Å². The van der Waals surface area contributed by atoms with E-state index in [4.69, 9.17) is 14.6 Å². The van der Waals surface area contributed by atoms with E-state index >= 15 is 0 Å². The Bertz CT molecular complexity index is 337. The summed E-state index contributed by atoms with van der Waals surface area (Å²) in [5.41, 5.74) is 0. The van der Waals surface area contributed by atoms with Gasteiger partial charge in [0.25, 0.3) is 0 Å². The van der Waals surface area contributed by atoms with Gasteiger partial charge in [-0.25, -0.2) is 0 Å². The van der Waals surface area contributed by atoms with Crippen molar-refractivity contribution in [1.29, 1.82) is 0 Å². The van der Waals surface area contributed by atoms with E-state index in [1.54, 1.807) is 0 Å².